The van der Waals surface area contributed by atoms with Crippen molar-refractivity contribution in [2.75, 3.05) is 0 Å². The summed E-state index contributed by atoms with van der Waals surface area (Å²) in [4.78, 5) is 5.38. The summed E-state index contributed by atoms with van der Waals surface area (Å²) in [6.45, 7) is 1.98. The molecule has 3 aromatic rings. The lowest BCUT2D eigenvalue weighted by Crippen LogP contribution is -2.18. The normalized spacial score (nSPS) is 13.0. The fourth-order valence-electron chi connectivity index (χ4n) is 1.95. The van der Waals surface area contributed by atoms with Gasteiger partial charge in [-0.3, -0.25) is 0 Å². The lowest BCUT2D eigenvalue weighted by Gasteiger charge is -2.02. The van der Waals surface area contributed by atoms with Gasteiger partial charge in [0.2, 0.25) is 4.96 Å². The van der Waals surface area contributed by atoms with E-state index in [1.54, 1.807) is 11.3 Å². The Labute approximate surface area is 119 Å². The predicted molar refractivity (Wildman–Crippen MR) is 78.7 cm³/mol. The van der Waals surface area contributed by atoms with Crippen molar-refractivity contribution in [3.8, 4) is 11.4 Å². The highest BCUT2D eigenvalue weighted by Gasteiger charge is 2.13. The molecule has 0 aliphatic rings. The summed E-state index contributed by atoms with van der Waals surface area (Å²) in [5.74, 6) is 0.656. The van der Waals surface area contributed by atoms with Gasteiger partial charge in [0.15, 0.2) is 5.82 Å². The second-order valence-corrected chi connectivity index (χ2v) is 5.76. The van der Waals surface area contributed by atoms with Crippen molar-refractivity contribution in [3.05, 3.63) is 40.4 Å². The first-order valence-electron chi connectivity index (χ1n) is 5.99. The minimum atomic E-state index is 0.103. The zero-order chi connectivity index (χ0) is 13.4. The minimum Gasteiger partial charge on any atom is -0.328 e. The van der Waals surface area contributed by atoms with E-state index in [2.05, 4.69) is 15.5 Å². The topological polar surface area (TPSA) is 56.2 Å². The van der Waals surface area contributed by atoms with Crippen LogP contribution in [0.3, 0.4) is 0 Å². The summed E-state index contributed by atoms with van der Waals surface area (Å²) in [6, 6.07) is 7.69. The second kappa shape index (κ2) is 4.92. The molecule has 4 nitrogen and oxygen atoms in total. The number of aromatic nitrogens is 3. The van der Waals surface area contributed by atoms with Crippen LogP contribution in [0.5, 0.6) is 0 Å². The molecule has 0 aliphatic carbocycles. The predicted octanol–water partition coefficient (Wildman–Crippen LogP) is 3.00. The molecule has 0 spiro atoms. The first-order chi connectivity index (χ1) is 9.15. The first-order valence-corrected chi connectivity index (χ1v) is 7.24. The lowest BCUT2D eigenvalue weighted by molar-refractivity contribution is 0.703. The highest BCUT2D eigenvalue weighted by molar-refractivity contribution is 7.15. The van der Waals surface area contributed by atoms with Crippen LogP contribution in [0.2, 0.25) is 5.02 Å². The van der Waals surface area contributed by atoms with Crippen molar-refractivity contribution < 1.29 is 0 Å². The molecule has 98 valence electrons. The first kappa shape index (κ1) is 12.6. The van der Waals surface area contributed by atoms with Crippen LogP contribution in [-0.4, -0.2) is 20.6 Å². The molecule has 0 aliphatic heterocycles. The second-order valence-electron chi connectivity index (χ2n) is 4.52. The molecule has 0 fully saturated rings. The molecule has 0 saturated carbocycles. The average Bonchev–Trinajstić information content (AvgIpc) is 2.91. The van der Waals surface area contributed by atoms with Gasteiger partial charge in [-0.2, -0.15) is 4.98 Å². The molecule has 0 bridgehead atoms. The SMILES string of the molecule is CC(N)Cc1csc2nc(-c3ccccc3Cl)nn12. The van der Waals surface area contributed by atoms with Gasteiger partial charge in [-0.1, -0.05) is 23.7 Å². The van der Waals surface area contributed by atoms with Crippen molar-refractivity contribution in [1.29, 1.82) is 0 Å². The minimum absolute atomic E-state index is 0.103. The Morgan fingerprint density at radius 1 is 1.42 bits per heavy atom. The van der Waals surface area contributed by atoms with E-state index >= 15 is 0 Å². The Morgan fingerprint density at radius 3 is 2.95 bits per heavy atom. The molecule has 0 radical (unpaired) electrons. The number of hydrogen-bond donors (Lipinski definition) is 1. The van der Waals surface area contributed by atoms with E-state index in [9.17, 15) is 0 Å². The van der Waals surface area contributed by atoms with E-state index in [-0.39, 0.29) is 6.04 Å². The Kier molecular flexibility index (Phi) is 3.26. The molecule has 2 N–H and O–H groups in total. The largest absolute Gasteiger partial charge is 0.328 e. The molecule has 2 aromatic heterocycles. The number of nitrogens with zero attached hydrogens (tertiary/aromatic N) is 3. The lowest BCUT2D eigenvalue weighted by atomic mass is 10.2. The van der Waals surface area contributed by atoms with E-state index in [1.807, 2.05) is 35.7 Å². The average molecular weight is 293 g/mol. The van der Waals surface area contributed by atoms with Crippen LogP contribution in [0.1, 0.15) is 12.6 Å². The highest BCUT2D eigenvalue weighted by atomic mass is 35.5. The number of rotatable bonds is 3. The van der Waals surface area contributed by atoms with Crippen LogP contribution in [-0.2, 0) is 6.42 Å². The van der Waals surface area contributed by atoms with Gasteiger partial charge in [-0.25, -0.2) is 4.52 Å². The van der Waals surface area contributed by atoms with Gasteiger partial charge in [0.25, 0.3) is 0 Å². The van der Waals surface area contributed by atoms with Gasteiger partial charge in [0.05, 0.1) is 10.7 Å². The summed E-state index contributed by atoms with van der Waals surface area (Å²) >= 11 is 7.74. The molecule has 19 heavy (non-hydrogen) atoms. The van der Waals surface area contributed by atoms with Crippen LogP contribution >= 0.6 is 22.9 Å². The van der Waals surface area contributed by atoms with E-state index < -0.39 is 0 Å². The van der Waals surface area contributed by atoms with Crippen LogP contribution in [0, 0.1) is 0 Å². The number of halogens is 1. The smallest absolute Gasteiger partial charge is 0.212 e. The summed E-state index contributed by atoms with van der Waals surface area (Å²) in [5.41, 5.74) is 7.78. The van der Waals surface area contributed by atoms with Gasteiger partial charge in [0, 0.05) is 23.4 Å². The molecule has 3 rings (SSSR count). The Balaban J connectivity index is 2.07. The van der Waals surface area contributed by atoms with Gasteiger partial charge >= 0.3 is 0 Å². The summed E-state index contributed by atoms with van der Waals surface area (Å²) in [7, 11) is 0. The maximum atomic E-state index is 6.17. The number of thiazole rings is 1. The molecular formula is C13H13ClN4S. The fraction of sp³-hybridized carbons (Fsp3) is 0.231. The van der Waals surface area contributed by atoms with Crippen LogP contribution in [0.25, 0.3) is 16.3 Å². The highest BCUT2D eigenvalue weighted by Crippen LogP contribution is 2.26. The quantitative estimate of drug-likeness (QED) is 0.807. The van der Waals surface area contributed by atoms with E-state index in [0.29, 0.717) is 10.8 Å². The number of fused-ring (bicyclic) bond motifs is 1. The third-order valence-electron chi connectivity index (χ3n) is 2.80. The molecule has 2 heterocycles. The zero-order valence-corrected chi connectivity index (χ0v) is 11.9. The Hall–Kier alpha value is -1.43. The summed E-state index contributed by atoms with van der Waals surface area (Å²) in [5, 5.41) is 7.25. The molecule has 6 heteroatoms. The van der Waals surface area contributed by atoms with Crippen molar-refractivity contribution in [2.45, 2.75) is 19.4 Å². The van der Waals surface area contributed by atoms with Crippen molar-refractivity contribution in [1.82, 2.24) is 14.6 Å². The zero-order valence-electron chi connectivity index (χ0n) is 10.4. The van der Waals surface area contributed by atoms with Gasteiger partial charge in [-0.05, 0) is 19.1 Å². The third-order valence-corrected chi connectivity index (χ3v) is 3.99. The van der Waals surface area contributed by atoms with Crippen LogP contribution in [0.15, 0.2) is 29.6 Å². The van der Waals surface area contributed by atoms with Crippen LogP contribution < -0.4 is 5.73 Å². The maximum absolute atomic E-state index is 6.17. The monoisotopic (exact) mass is 292 g/mol. The Morgan fingerprint density at radius 2 is 2.21 bits per heavy atom. The third kappa shape index (κ3) is 2.36. The molecule has 1 aromatic carbocycles. The molecule has 1 unspecified atom stereocenters. The van der Waals surface area contributed by atoms with E-state index in [4.69, 9.17) is 17.3 Å². The molecular weight excluding hydrogens is 280 g/mol. The van der Waals surface area contributed by atoms with E-state index in [0.717, 1.165) is 22.6 Å². The summed E-state index contributed by atoms with van der Waals surface area (Å²) < 4.78 is 1.85. The standard InChI is InChI=1S/C13H13ClN4S/c1-8(15)6-9-7-19-13-16-12(17-18(9)13)10-4-2-3-5-11(10)14/h2-5,7-8H,6,15H2,1H3. The van der Waals surface area contributed by atoms with E-state index in [1.165, 1.54) is 0 Å². The maximum Gasteiger partial charge on any atom is 0.212 e. The number of nitrogens with two attached hydrogens (primary N) is 1. The number of hydrogen-bond acceptors (Lipinski definition) is 4. The molecule has 0 saturated heterocycles. The van der Waals surface area contributed by atoms with Crippen molar-refractivity contribution in [3.63, 3.8) is 0 Å². The van der Waals surface area contributed by atoms with Gasteiger partial charge < -0.3 is 5.73 Å². The van der Waals surface area contributed by atoms with Crippen molar-refractivity contribution in [2.24, 2.45) is 5.73 Å². The molecule has 0 amide bonds. The van der Waals surface area contributed by atoms with Gasteiger partial charge in [0.1, 0.15) is 0 Å². The Bertz CT molecular complexity index is 716. The fourth-order valence-corrected chi connectivity index (χ4v) is 3.01. The number of benzene rings is 1. The van der Waals surface area contributed by atoms with Gasteiger partial charge in [-0.15, -0.1) is 16.4 Å². The van der Waals surface area contributed by atoms with Crippen molar-refractivity contribution >= 4 is 27.9 Å². The molecule has 1 atom stereocenters. The van der Waals surface area contributed by atoms with Crippen LogP contribution in [0.4, 0.5) is 0 Å². The summed E-state index contributed by atoms with van der Waals surface area (Å²) in [6.07, 6.45) is 0.783.